The highest BCUT2D eigenvalue weighted by atomic mass is 16.2. The van der Waals surface area contributed by atoms with Crippen LogP contribution in [0, 0.1) is 11.8 Å². The Kier molecular flexibility index (Phi) is 7.55. The Labute approximate surface area is 88.3 Å². The monoisotopic (exact) mass is 197 g/mol. The molecular weight excluding hydrogens is 174 g/mol. The van der Waals surface area contributed by atoms with E-state index in [1.807, 2.05) is 0 Å². The predicted molar refractivity (Wildman–Crippen MR) is 61.1 cm³/mol. The normalized spacial score (nSPS) is 10.9. The summed E-state index contributed by atoms with van der Waals surface area (Å²) >= 11 is 0. The molecule has 82 valence electrons. The fraction of sp³-hybridized carbons (Fsp3) is 0.833. The summed E-state index contributed by atoms with van der Waals surface area (Å²) in [5.41, 5.74) is 0. The molecule has 0 heterocycles. The Morgan fingerprint density at radius 1 is 1.07 bits per heavy atom. The van der Waals surface area contributed by atoms with Gasteiger partial charge in [-0.15, -0.1) is 5.92 Å². The summed E-state index contributed by atoms with van der Waals surface area (Å²) in [7, 11) is 0. The Morgan fingerprint density at radius 3 is 2.07 bits per heavy atom. The van der Waals surface area contributed by atoms with E-state index >= 15 is 0 Å². The van der Waals surface area contributed by atoms with Crippen LogP contribution in [-0.4, -0.2) is 35.2 Å². The van der Waals surface area contributed by atoms with Gasteiger partial charge in [0.2, 0.25) is 0 Å². The minimum absolute atomic E-state index is 0.243. The minimum atomic E-state index is 0.243. The second-order valence-corrected chi connectivity index (χ2v) is 4.04. The molecular formula is C12H23NO. The molecule has 1 N–H and O–H groups in total. The smallest absolute Gasteiger partial charge is 0.0606 e. The van der Waals surface area contributed by atoms with Crippen LogP contribution in [0.1, 0.15) is 40.5 Å². The summed E-state index contributed by atoms with van der Waals surface area (Å²) in [5, 5.41) is 8.57. The number of hydrogen-bond acceptors (Lipinski definition) is 2. The average molecular weight is 197 g/mol. The van der Waals surface area contributed by atoms with Crippen molar-refractivity contribution in [3.05, 3.63) is 0 Å². The Hall–Kier alpha value is -0.520. The molecule has 0 aromatic carbocycles. The molecule has 2 nitrogen and oxygen atoms in total. The third kappa shape index (κ3) is 6.01. The lowest BCUT2D eigenvalue weighted by Crippen LogP contribution is -2.37. The predicted octanol–water partition coefficient (Wildman–Crippen LogP) is 1.88. The highest BCUT2D eigenvalue weighted by Crippen LogP contribution is 2.03. The number of unbranched alkanes of at least 4 members (excludes halogenated alkanes) is 1. The summed E-state index contributed by atoms with van der Waals surface area (Å²) in [4.78, 5) is 2.35. The molecule has 0 spiro atoms. The maximum atomic E-state index is 8.57. The fourth-order valence-corrected chi connectivity index (χ4v) is 1.36. The van der Waals surface area contributed by atoms with Gasteiger partial charge in [-0.05, 0) is 34.1 Å². The van der Waals surface area contributed by atoms with E-state index in [9.17, 15) is 0 Å². The third-order valence-electron chi connectivity index (χ3n) is 2.17. The second kappa shape index (κ2) is 7.84. The number of aliphatic hydroxyl groups is 1. The zero-order valence-corrected chi connectivity index (χ0v) is 9.88. The van der Waals surface area contributed by atoms with Gasteiger partial charge in [-0.3, -0.25) is 4.90 Å². The molecule has 14 heavy (non-hydrogen) atoms. The zero-order valence-electron chi connectivity index (χ0n) is 9.88. The van der Waals surface area contributed by atoms with Crippen molar-refractivity contribution in [2.24, 2.45) is 0 Å². The van der Waals surface area contributed by atoms with E-state index in [2.05, 4.69) is 44.4 Å². The molecule has 2 heteroatoms. The molecule has 0 amide bonds. The highest BCUT2D eigenvalue weighted by molar-refractivity contribution is 5.01. The first-order chi connectivity index (χ1) is 6.59. The van der Waals surface area contributed by atoms with Crippen LogP contribution < -0.4 is 0 Å². The van der Waals surface area contributed by atoms with Gasteiger partial charge in [0.25, 0.3) is 0 Å². The standard InChI is InChI=1S/C12H23NO/c1-11(2)13(12(3)4)9-7-5-6-8-10-14/h11-12,14H,6,8-10H2,1-4H3. The Bertz CT molecular complexity index is 180. The van der Waals surface area contributed by atoms with E-state index in [1.54, 1.807) is 0 Å². The van der Waals surface area contributed by atoms with Gasteiger partial charge in [-0.25, -0.2) is 0 Å². The van der Waals surface area contributed by atoms with Crippen LogP contribution in [0.25, 0.3) is 0 Å². The molecule has 0 unspecified atom stereocenters. The van der Waals surface area contributed by atoms with E-state index in [4.69, 9.17) is 5.11 Å². The van der Waals surface area contributed by atoms with E-state index in [0.717, 1.165) is 19.4 Å². The fourth-order valence-electron chi connectivity index (χ4n) is 1.36. The van der Waals surface area contributed by atoms with Crippen LogP contribution in [0.3, 0.4) is 0 Å². The Balaban J connectivity index is 3.85. The van der Waals surface area contributed by atoms with Crippen LogP contribution >= 0.6 is 0 Å². The molecule has 0 aliphatic rings. The molecule has 0 aromatic rings. The Morgan fingerprint density at radius 2 is 1.64 bits per heavy atom. The van der Waals surface area contributed by atoms with Crippen LogP contribution in [0.4, 0.5) is 0 Å². The number of hydrogen-bond donors (Lipinski definition) is 1. The molecule has 0 saturated carbocycles. The van der Waals surface area contributed by atoms with Gasteiger partial charge in [-0.1, -0.05) is 5.92 Å². The number of nitrogens with zero attached hydrogens (tertiary/aromatic N) is 1. The molecule has 0 fully saturated rings. The van der Waals surface area contributed by atoms with Crippen molar-refractivity contribution in [3.8, 4) is 11.8 Å². The minimum Gasteiger partial charge on any atom is -0.396 e. The van der Waals surface area contributed by atoms with Gasteiger partial charge >= 0.3 is 0 Å². The maximum Gasteiger partial charge on any atom is 0.0606 e. The molecule has 0 aliphatic heterocycles. The first-order valence-electron chi connectivity index (χ1n) is 5.42. The van der Waals surface area contributed by atoms with Gasteiger partial charge in [0.1, 0.15) is 0 Å². The first-order valence-corrected chi connectivity index (χ1v) is 5.42. The zero-order chi connectivity index (χ0) is 11.0. The molecule has 0 aliphatic carbocycles. The molecule has 0 aromatic heterocycles. The van der Waals surface area contributed by atoms with Crippen molar-refractivity contribution in [2.75, 3.05) is 13.2 Å². The van der Waals surface area contributed by atoms with Crippen molar-refractivity contribution in [2.45, 2.75) is 52.6 Å². The van der Waals surface area contributed by atoms with Crippen LogP contribution in [0.5, 0.6) is 0 Å². The van der Waals surface area contributed by atoms with Crippen molar-refractivity contribution < 1.29 is 5.11 Å². The lowest BCUT2D eigenvalue weighted by Gasteiger charge is -2.28. The van der Waals surface area contributed by atoms with E-state index in [0.29, 0.717) is 12.1 Å². The summed E-state index contributed by atoms with van der Waals surface area (Å²) in [6.45, 7) is 9.84. The van der Waals surface area contributed by atoms with Crippen molar-refractivity contribution in [1.29, 1.82) is 0 Å². The molecule has 0 rings (SSSR count). The second-order valence-electron chi connectivity index (χ2n) is 4.04. The van der Waals surface area contributed by atoms with E-state index in [-0.39, 0.29) is 6.61 Å². The summed E-state index contributed by atoms with van der Waals surface area (Å²) in [6, 6.07) is 1.09. The summed E-state index contributed by atoms with van der Waals surface area (Å²) in [6.07, 6.45) is 1.59. The van der Waals surface area contributed by atoms with Gasteiger partial charge in [0.15, 0.2) is 0 Å². The maximum absolute atomic E-state index is 8.57. The van der Waals surface area contributed by atoms with Crippen molar-refractivity contribution in [1.82, 2.24) is 4.90 Å². The lowest BCUT2D eigenvalue weighted by atomic mass is 10.2. The van der Waals surface area contributed by atoms with Crippen LogP contribution in [0.15, 0.2) is 0 Å². The SMILES string of the molecule is CC(C)N(CC#CCCCO)C(C)C. The average Bonchev–Trinajstić information content (AvgIpc) is 2.09. The largest absolute Gasteiger partial charge is 0.396 e. The van der Waals surface area contributed by atoms with Crippen molar-refractivity contribution in [3.63, 3.8) is 0 Å². The lowest BCUT2D eigenvalue weighted by molar-refractivity contribution is 0.199. The van der Waals surface area contributed by atoms with Gasteiger partial charge in [-0.2, -0.15) is 0 Å². The molecule has 0 saturated heterocycles. The quantitative estimate of drug-likeness (QED) is 0.537. The van der Waals surface area contributed by atoms with Crippen molar-refractivity contribution >= 4 is 0 Å². The molecule has 0 bridgehead atoms. The highest BCUT2D eigenvalue weighted by Gasteiger charge is 2.10. The number of rotatable bonds is 5. The van der Waals surface area contributed by atoms with E-state index < -0.39 is 0 Å². The van der Waals surface area contributed by atoms with Gasteiger partial charge in [0.05, 0.1) is 6.54 Å². The molecule has 0 atom stereocenters. The summed E-state index contributed by atoms with van der Waals surface area (Å²) in [5.74, 6) is 6.22. The number of aliphatic hydroxyl groups excluding tert-OH is 1. The van der Waals surface area contributed by atoms with Gasteiger partial charge in [0, 0.05) is 25.1 Å². The van der Waals surface area contributed by atoms with Gasteiger partial charge < -0.3 is 5.11 Å². The molecule has 0 radical (unpaired) electrons. The third-order valence-corrected chi connectivity index (χ3v) is 2.17. The first kappa shape index (κ1) is 13.5. The summed E-state index contributed by atoms with van der Waals surface area (Å²) < 4.78 is 0. The topological polar surface area (TPSA) is 23.5 Å². The van der Waals surface area contributed by atoms with Crippen LogP contribution in [-0.2, 0) is 0 Å². The van der Waals surface area contributed by atoms with Crippen LogP contribution in [0.2, 0.25) is 0 Å². The van der Waals surface area contributed by atoms with E-state index in [1.165, 1.54) is 0 Å².